The van der Waals surface area contributed by atoms with Gasteiger partial charge in [0.2, 0.25) is 5.82 Å². The van der Waals surface area contributed by atoms with E-state index in [1.807, 2.05) is 53.7 Å². The van der Waals surface area contributed by atoms with Gasteiger partial charge >= 0.3 is 0 Å². The number of aromatic amines is 6. The predicted molar refractivity (Wildman–Crippen MR) is 127 cm³/mol. The molecule has 24 nitrogen and oxygen atoms in total. The van der Waals surface area contributed by atoms with Gasteiger partial charge < -0.3 is 4.98 Å². The number of nitrogens with one attached hydrogen (secondary N) is 6. The highest BCUT2D eigenvalue weighted by Crippen LogP contribution is 2.31. The van der Waals surface area contributed by atoms with E-state index in [0.717, 1.165) is 16.8 Å². The molecule has 0 fully saturated rings. The highest BCUT2D eigenvalue weighted by Gasteiger charge is 2.24. The molecule has 40 heavy (non-hydrogen) atoms. The molecule has 0 saturated heterocycles. The van der Waals surface area contributed by atoms with Crippen LogP contribution in [-0.4, -0.2) is 90.4 Å². The van der Waals surface area contributed by atoms with Gasteiger partial charge in [0, 0.05) is 17.3 Å². The zero-order valence-corrected chi connectivity index (χ0v) is 19.7. The molecule has 8 bridgehead atoms. The van der Waals surface area contributed by atoms with E-state index in [1.165, 1.54) is 29.0 Å². The zero-order chi connectivity index (χ0) is 26.2. The van der Waals surface area contributed by atoms with Gasteiger partial charge in [-0.3, -0.25) is 0 Å². The third-order valence-corrected chi connectivity index (χ3v) is 6.10. The molecule has 0 atom stereocenters. The minimum atomic E-state index is 0.255. The van der Waals surface area contributed by atoms with Crippen LogP contribution in [0.25, 0.3) is 34.3 Å². The first-order valence-corrected chi connectivity index (χ1v) is 11.5. The molecule has 0 amide bonds. The van der Waals surface area contributed by atoms with Crippen molar-refractivity contribution >= 4 is 11.5 Å². The van der Waals surface area contributed by atoms with E-state index in [2.05, 4.69) is 72.5 Å². The Morgan fingerprint density at radius 1 is 0.775 bits per heavy atom. The molecule has 5 aliphatic rings. The van der Waals surface area contributed by atoms with E-state index in [9.17, 15) is 0 Å². The fourth-order valence-corrected chi connectivity index (χ4v) is 4.41. The zero-order valence-electron chi connectivity index (χ0n) is 19.7. The second-order valence-corrected chi connectivity index (χ2v) is 8.37. The predicted octanol–water partition coefficient (Wildman–Crippen LogP) is -2.49. The van der Waals surface area contributed by atoms with Crippen molar-refractivity contribution in [3.05, 3.63) is 59.7 Å². The quantitative estimate of drug-likeness (QED) is 0.122. The van der Waals surface area contributed by atoms with Crippen LogP contribution in [0.3, 0.4) is 0 Å². The summed E-state index contributed by atoms with van der Waals surface area (Å²) >= 11 is 0. The Bertz CT molecular complexity index is 2100. The molecule has 0 spiro atoms. The van der Waals surface area contributed by atoms with Crippen LogP contribution >= 0.6 is 0 Å². The Labute approximate surface area is 215 Å². The molecule has 8 heterocycles. The maximum atomic E-state index is 4.81. The molecule has 1 aromatic carbocycles. The summed E-state index contributed by atoms with van der Waals surface area (Å²) in [7, 11) is 0. The number of nitrogens with zero attached hydrogens (tertiary/aromatic N) is 18. The Morgan fingerprint density at radius 2 is 1.60 bits per heavy atom. The summed E-state index contributed by atoms with van der Waals surface area (Å²) in [6.45, 7) is 0. The van der Waals surface area contributed by atoms with Crippen LogP contribution < -0.4 is 21.1 Å². The molecule has 24 heteroatoms. The van der Waals surface area contributed by atoms with Gasteiger partial charge in [0.25, 0.3) is 0 Å². The SMILES string of the molecule is C1=CC2=c3[nH]c4nc(nc5[nH]n([nH]n6[nH]n([nH]n([nH]3)N2C=C1)n1nnnnn61)N1N=NN=NC=51)-c1ccccc1-4. The summed E-state index contributed by atoms with van der Waals surface area (Å²) in [4.78, 5) is 15.9. The first-order chi connectivity index (χ1) is 19.8. The molecule has 3 aromatic heterocycles. The molecule has 9 rings (SSSR count). The van der Waals surface area contributed by atoms with Crippen molar-refractivity contribution in [2.24, 2.45) is 20.8 Å². The number of hydrogen-bond acceptors (Lipinski definition) is 12. The third kappa shape index (κ3) is 2.76. The second kappa shape index (κ2) is 7.34. The van der Waals surface area contributed by atoms with E-state index in [4.69, 9.17) is 9.97 Å². The number of aromatic nitrogens is 18. The molecule has 198 valence electrons. The number of benzene rings is 1. The lowest BCUT2D eigenvalue weighted by Crippen LogP contribution is -2.29. The van der Waals surface area contributed by atoms with Gasteiger partial charge in [-0.25, -0.2) is 25.2 Å². The number of H-pyrrole nitrogens is 6. The number of rotatable bonds is 0. The van der Waals surface area contributed by atoms with Crippen molar-refractivity contribution < 1.29 is 0 Å². The minimum Gasteiger partial charge on any atom is -0.323 e. The van der Waals surface area contributed by atoms with E-state index in [0.29, 0.717) is 22.6 Å². The van der Waals surface area contributed by atoms with Gasteiger partial charge in [0.15, 0.2) is 16.8 Å². The fraction of sp³-hybridized carbons (Fsp3) is 0. The molecule has 5 aliphatic heterocycles. The minimum absolute atomic E-state index is 0.255. The molecule has 0 saturated carbocycles. The lowest BCUT2D eigenvalue weighted by molar-refractivity contribution is 0.331. The van der Waals surface area contributed by atoms with E-state index >= 15 is 0 Å². The molecule has 4 aromatic rings. The van der Waals surface area contributed by atoms with Gasteiger partial charge in [0.1, 0.15) is 11.5 Å². The van der Waals surface area contributed by atoms with Gasteiger partial charge in [-0.15, -0.1) is 10.0 Å². The van der Waals surface area contributed by atoms with Crippen LogP contribution in [0.15, 0.2) is 69.5 Å². The number of hydrogen-bond donors (Lipinski definition) is 6. The third-order valence-electron chi connectivity index (χ3n) is 6.10. The van der Waals surface area contributed by atoms with E-state index < -0.39 is 0 Å². The normalized spacial score (nSPS) is 15.4. The van der Waals surface area contributed by atoms with Crippen LogP contribution in [0.1, 0.15) is 0 Å². The summed E-state index contributed by atoms with van der Waals surface area (Å²) in [5.41, 5.74) is 3.41. The topological polar surface area (TPSA) is 256 Å². The Kier molecular flexibility index (Phi) is 3.71. The van der Waals surface area contributed by atoms with E-state index in [1.54, 1.807) is 4.91 Å². The molecular formula is C16H14N24. The van der Waals surface area contributed by atoms with Crippen LogP contribution in [0.2, 0.25) is 0 Å². The highest BCUT2D eigenvalue weighted by molar-refractivity contribution is 5.81. The average Bonchev–Trinajstić information content (AvgIpc) is 3.73. The van der Waals surface area contributed by atoms with Crippen LogP contribution in [0.4, 0.5) is 0 Å². The van der Waals surface area contributed by atoms with Crippen molar-refractivity contribution in [2.45, 2.75) is 0 Å². The maximum absolute atomic E-state index is 4.81. The lowest BCUT2D eigenvalue weighted by atomic mass is 10.1. The first-order valence-electron chi connectivity index (χ1n) is 11.5. The standard InChI is InChI=1S/C16H14N24/c1-2-6-10-9(5-1)12-17-13(10)19-15-16-20-23-24-27-34(16)36(22-15)31-38-32-37(39-28-25-26-29-40(38)39)30-35-21-14(18-12)11-7-3-4-8-33(11)35/h1-8,21-22,30-32H,(H,17,18,19). The number of allylic oxidation sites excluding steroid dienone is 2. The molecular weight excluding hydrogens is 528 g/mol. The van der Waals surface area contributed by atoms with Gasteiger partial charge in [0.05, 0.1) is 0 Å². The highest BCUT2D eigenvalue weighted by atomic mass is 16.1. The van der Waals surface area contributed by atoms with Crippen molar-refractivity contribution in [1.29, 1.82) is 0 Å². The van der Waals surface area contributed by atoms with Gasteiger partial charge in [-0.1, -0.05) is 49.9 Å². The smallest absolute Gasteiger partial charge is 0.245 e. The summed E-state index contributed by atoms with van der Waals surface area (Å²) in [5, 5.41) is 49.3. The monoisotopic (exact) mass is 542 g/mol. The fourth-order valence-electron chi connectivity index (χ4n) is 4.41. The van der Waals surface area contributed by atoms with E-state index in [-0.39, 0.29) is 5.82 Å². The Morgan fingerprint density at radius 3 is 2.48 bits per heavy atom. The van der Waals surface area contributed by atoms with Crippen molar-refractivity contribution in [2.75, 3.05) is 10.1 Å². The molecule has 6 N–H and O–H groups in total. The van der Waals surface area contributed by atoms with Gasteiger partial charge in [-0.05, 0) is 58.2 Å². The van der Waals surface area contributed by atoms with Crippen molar-refractivity contribution in [3.63, 3.8) is 0 Å². The average molecular weight is 542 g/mol. The summed E-state index contributed by atoms with van der Waals surface area (Å²) in [6, 6.07) is 7.75. The van der Waals surface area contributed by atoms with Gasteiger partial charge in [-0.2, -0.15) is 15.6 Å². The van der Waals surface area contributed by atoms with Crippen LogP contribution in [0.5, 0.6) is 0 Å². The summed E-state index contributed by atoms with van der Waals surface area (Å²) in [6.07, 6.45) is 7.60. The second-order valence-electron chi connectivity index (χ2n) is 8.37. The Hall–Kier alpha value is -6.88. The summed E-state index contributed by atoms with van der Waals surface area (Å²) in [5.74, 6) is 1.28. The number of fused-ring (bicyclic) bond motifs is 18. The largest absolute Gasteiger partial charge is 0.323 e. The summed E-state index contributed by atoms with van der Waals surface area (Å²) < 4.78 is 5.09. The van der Waals surface area contributed by atoms with Crippen molar-refractivity contribution in [1.82, 2.24) is 90.4 Å². The molecule has 0 unspecified atom stereocenters. The maximum Gasteiger partial charge on any atom is 0.245 e. The molecule has 0 aliphatic carbocycles. The molecule has 0 radical (unpaired) electrons. The first kappa shape index (κ1) is 20.2. The van der Waals surface area contributed by atoms with Crippen LogP contribution in [0, 0.1) is 0 Å². The lowest BCUT2D eigenvalue weighted by Gasteiger charge is -2.17. The van der Waals surface area contributed by atoms with Crippen molar-refractivity contribution in [3.8, 4) is 22.8 Å². The van der Waals surface area contributed by atoms with Crippen LogP contribution in [-0.2, 0) is 0 Å². The Balaban J connectivity index is 1.48.